The summed E-state index contributed by atoms with van der Waals surface area (Å²) in [6.07, 6.45) is 3.39. The maximum absolute atomic E-state index is 13.7. The maximum atomic E-state index is 13.7. The summed E-state index contributed by atoms with van der Waals surface area (Å²) >= 11 is 6.31. The van der Waals surface area contributed by atoms with E-state index in [0.29, 0.717) is 16.7 Å². The number of para-hydroxylation sites is 1. The molecular weight excluding hydrogens is 614 g/mol. The number of nitrogens with zero attached hydrogens (tertiary/aromatic N) is 1. The molecule has 0 bridgehead atoms. The standard InChI is InChI=1S/C30H32ClN3O9S/c1-3-4-5-6-7-10-15-32-44(40,41)20-13-14-23(22(31)17-20)33-27(36)25(34-28(37)18(2)42-30(34)39)26(35)21-16-19-11-8-9-12-24(19)43-29(21)38/h8-9,11-14,16-18,25,32H,3-7,10,15H2,1-2H3,(H,33,36). The van der Waals surface area contributed by atoms with Crippen LogP contribution in [0.4, 0.5) is 10.5 Å². The quantitative estimate of drug-likeness (QED) is 0.110. The van der Waals surface area contributed by atoms with Crippen molar-refractivity contribution in [1.29, 1.82) is 0 Å². The molecule has 1 fully saturated rings. The smallest absolute Gasteiger partial charge is 0.418 e. The highest BCUT2D eigenvalue weighted by atomic mass is 35.5. The van der Waals surface area contributed by atoms with E-state index in [1.165, 1.54) is 31.2 Å². The van der Waals surface area contributed by atoms with Gasteiger partial charge in [-0.15, -0.1) is 0 Å². The lowest BCUT2D eigenvalue weighted by atomic mass is 10.0. The zero-order valence-corrected chi connectivity index (χ0v) is 25.7. The number of rotatable bonds is 14. The van der Waals surface area contributed by atoms with E-state index in [4.69, 9.17) is 20.8 Å². The summed E-state index contributed by atoms with van der Waals surface area (Å²) in [6.45, 7) is 3.63. The number of carbonyl (C=O) groups is 4. The van der Waals surface area contributed by atoms with E-state index in [-0.39, 0.29) is 27.7 Å². The first-order valence-electron chi connectivity index (χ1n) is 14.2. The number of imide groups is 1. The summed E-state index contributed by atoms with van der Waals surface area (Å²) in [4.78, 5) is 65.4. The van der Waals surface area contributed by atoms with Gasteiger partial charge in [-0.25, -0.2) is 27.6 Å². The second-order valence-electron chi connectivity index (χ2n) is 10.3. The predicted molar refractivity (Wildman–Crippen MR) is 162 cm³/mol. The highest BCUT2D eigenvalue weighted by molar-refractivity contribution is 7.89. The number of sulfonamides is 1. The van der Waals surface area contributed by atoms with E-state index < -0.39 is 57.0 Å². The minimum Gasteiger partial charge on any atom is -0.436 e. The third kappa shape index (κ3) is 7.34. The van der Waals surface area contributed by atoms with Crippen molar-refractivity contribution in [1.82, 2.24) is 9.62 Å². The van der Waals surface area contributed by atoms with E-state index in [0.717, 1.165) is 38.2 Å². The lowest BCUT2D eigenvalue weighted by Gasteiger charge is -2.22. The van der Waals surface area contributed by atoms with Gasteiger partial charge in [-0.05, 0) is 43.7 Å². The molecule has 14 heteroatoms. The van der Waals surface area contributed by atoms with E-state index in [2.05, 4.69) is 17.0 Å². The van der Waals surface area contributed by atoms with Gasteiger partial charge in [0.05, 0.1) is 15.6 Å². The average Bonchev–Trinajstić information content (AvgIpc) is 3.23. The number of hydrogen-bond donors (Lipinski definition) is 2. The Kier molecular flexibility index (Phi) is 10.6. The number of amides is 3. The summed E-state index contributed by atoms with van der Waals surface area (Å²) in [5.41, 5.74) is -1.58. The van der Waals surface area contributed by atoms with Gasteiger partial charge in [0.15, 0.2) is 12.1 Å². The van der Waals surface area contributed by atoms with Crippen LogP contribution >= 0.6 is 11.6 Å². The molecule has 0 saturated carbocycles. The van der Waals surface area contributed by atoms with Gasteiger partial charge in [0, 0.05) is 11.9 Å². The lowest BCUT2D eigenvalue weighted by molar-refractivity contribution is -0.133. The summed E-state index contributed by atoms with van der Waals surface area (Å²) < 4.78 is 38.2. The van der Waals surface area contributed by atoms with Gasteiger partial charge in [-0.3, -0.25) is 14.4 Å². The first-order valence-corrected chi connectivity index (χ1v) is 16.0. The first-order chi connectivity index (χ1) is 20.9. The molecule has 44 heavy (non-hydrogen) atoms. The van der Waals surface area contributed by atoms with Crippen LogP contribution in [0, 0.1) is 0 Å². The Morgan fingerprint density at radius 1 is 1.00 bits per heavy atom. The summed E-state index contributed by atoms with van der Waals surface area (Å²) in [7, 11) is -3.91. The van der Waals surface area contributed by atoms with Crippen LogP contribution in [0.1, 0.15) is 62.7 Å². The van der Waals surface area contributed by atoms with Crippen molar-refractivity contribution in [3.05, 3.63) is 69.5 Å². The molecule has 0 aliphatic carbocycles. The molecule has 0 spiro atoms. The van der Waals surface area contributed by atoms with E-state index >= 15 is 0 Å². The molecular formula is C30H32ClN3O9S. The minimum absolute atomic E-state index is 0.108. The molecule has 12 nitrogen and oxygen atoms in total. The van der Waals surface area contributed by atoms with Crippen LogP contribution in [0.5, 0.6) is 0 Å². The van der Waals surface area contributed by atoms with Gasteiger partial charge in [0.25, 0.3) is 11.8 Å². The van der Waals surface area contributed by atoms with Crippen LogP contribution < -0.4 is 15.7 Å². The molecule has 1 aliphatic heterocycles. The van der Waals surface area contributed by atoms with Crippen LogP contribution in [-0.4, -0.2) is 55.7 Å². The maximum Gasteiger partial charge on any atom is 0.418 e. The Bertz CT molecular complexity index is 1760. The summed E-state index contributed by atoms with van der Waals surface area (Å²) in [5, 5.41) is 2.53. The molecule has 3 amide bonds. The van der Waals surface area contributed by atoms with Crippen LogP contribution in [0.2, 0.25) is 5.02 Å². The Morgan fingerprint density at radius 2 is 1.70 bits per heavy atom. The van der Waals surface area contributed by atoms with E-state index in [9.17, 15) is 32.4 Å². The normalized spacial score (nSPS) is 15.8. The molecule has 234 valence electrons. The highest BCUT2D eigenvalue weighted by Crippen LogP contribution is 2.27. The second kappa shape index (κ2) is 14.1. The molecule has 2 aromatic carbocycles. The van der Waals surface area contributed by atoms with Gasteiger partial charge < -0.3 is 14.5 Å². The molecule has 2 heterocycles. The van der Waals surface area contributed by atoms with Crippen molar-refractivity contribution in [3.8, 4) is 0 Å². The van der Waals surface area contributed by atoms with Gasteiger partial charge in [0.1, 0.15) is 11.1 Å². The molecule has 2 N–H and O–H groups in total. The number of ether oxygens (including phenoxy) is 1. The lowest BCUT2D eigenvalue weighted by Crippen LogP contribution is -2.52. The molecule has 1 aliphatic rings. The SMILES string of the molecule is CCCCCCCCNS(=O)(=O)c1ccc(NC(=O)C(C(=O)c2cc3ccccc3oc2=O)N2C(=O)OC(C)C2=O)c(Cl)c1. The number of anilines is 1. The number of fused-ring (bicyclic) bond motifs is 1. The van der Waals surface area contributed by atoms with Crippen molar-refractivity contribution in [2.45, 2.75) is 69.4 Å². The number of cyclic esters (lactones) is 1. The Balaban J connectivity index is 1.56. The fraction of sp³-hybridized carbons (Fsp3) is 0.367. The predicted octanol–water partition coefficient (Wildman–Crippen LogP) is 4.64. The molecule has 4 rings (SSSR count). The number of carbonyl (C=O) groups excluding carboxylic acids is 4. The number of ketones is 1. The summed E-state index contributed by atoms with van der Waals surface area (Å²) in [5.74, 6) is -3.37. The van der Waals surface area contributed by atoms with Crippen molar-refractivity contribution >= 4 is 62.0 Å². The Labute approximate surface area is 258 Å². The zero-order valence-electron chi connectivity index (χ0n) is 24.1. The van der Waals surface area contributed by atoms with Crippen molar-refractivity contribution in [2.75, 3.05) is 11.9 Å². The minimum atomic E-state index is -3.91. The monoisotopic (exact) mass is 645 g/mol. The van der Waals surface area contributed by atoms with Crippen LogP contribution in [0.3, 0.4) is 0 Å². The Morgan fingerprint density at radius 3 is 2.39 bits per heavy atom. The molecule has 1 aromatic heterocycles. The zero-order chi connectivity index (χ0) is 32.0. The van der Waals surface area contributed by atoms with E-state index in [1.54, 1.807) is 18.2 Å². The van der Waals surface area contributed by atoms with Crippen LogP contribution in [0.25, 0.3) is 11.0 Å². The van der Waals surface area contributed by atoms with E-state index in [1.807, 2.05) is 0 Å². The van der Waals surface area contributed by atoms with Gasteiger partial charge in [-0.2, -0.15) is 0 Å². The molecule has 3 aromatic rings. The van der Waals surface area contributed by atoms with Crippen molar-refractivity contribution in [3.63, 3.8) is 0 Å². The molecule has 2 unspecified atom stereocenters. The number of benzene rings is 2. The number of unbranched alkanes of at least 4 members (excludes halogenated alkanes) is 5. The van der Waals surface area contributed by atoms with Crippen LogP contribution in [0.15, 0.2) is 62.6 Å². The third-order valence-electron chi connectivity index (χ3n) is 7.05. The van der Waals surface area contributed by atoms with Crippen LogP contribution in [-0.2, 0) is 24.3 Å². The number of nitrogens with one attached hydrogen (secondary N) is 2. The van der Waals surface area contributed by atoms with Gasteiger partial charge >= 0.3 is 11.7 Å². The fourth-order valence-corrected chi connectivity index (χ4v) is 6.06. The molecule has 0 radical (unpaired) electrons. The highest BCUT2D eigenvalue weighted by Gasteiger charge is 2.49. The number of halogens is 1. The largest absolute Gasteiger partial charge is 0.436 e. The molecule has 2 atom stereocenters. The number of Topliss-reactive ketones (excluding diaryl/α,β-unsaturated/α-hetero) is 1. The molecule has 1 saturated heterocycles. The Hall–Kier alpha value is -4.07. The van der Waals surface area contributed by atoms with Crippen molar-refractivity contribution < 1.29 is 36.7 Å². The average molecular weight is 646 g/mol. The summed E-state index contributed by atoms with van der Waals surface area (Å²) in [6, 6.07) is 8.90. The fourth-order valence-electron chi connectivity index (χ4n) is 4.67. The second-order valence-corrected chi connectivity index (χ2v) is 12.5. The third-order valence-corrected chi connectivity index (χ3v) is 8.82. The number of hydrogen-bond acceptors (Lipinski definition) is 9. The van der Waals surface area contributed by atoms with Crippen molar-refractivity contribution in [2.24, 2.45) is 0 Å². The topological polar surface area (TPSA) is 169 Å². The van der Waals surface area contributed by atoms with Gasteiger partial charge in [0.2, 0.25) is 15.8 Å². The van der Waals surface area contributed by atoms with Gasteiger partial charge in [-0.1, -0.05) is 68.8 Å². The first kappa shape index (κ1) is 32.8.